The lowest BCUT2D eigenvalue weighted by Gasteiger charge is -2.20. The minimum atomic E-state index is -0.0336. The van der Waals surface area contributed by atoms with Gasteiger partial charge in [-0.15, -0.1) is 11.3 Å². The quantitative estimate of drug-likeness (QED) is 0.327. The zero-order chi connectivity index (χ0) is 17.9. The second kappa shape index (κ2) is 5.42. The van der Waals surface area contributed by atoms with Gasteiger partial charge in [-0.25, -0.2) is 4.98 Å². The molecule has 0 saturated carbocycles. The molecule has 0 bridgehead atoms. The first-order valence-electron chi connectivity index (χ1n) is 8.92. The Bertz CT molecular complexity index is 1270. The van der Waals surface area contributed by atoms with Gasteiger partial charge in [-0.1, -0.05) is 57.2 Å². The van der Waals surface area contributed by atoms with Crippen LogP contribution in [0, 0.1) is 0 Å². The van der Waals surface area contributed by atoms with E-state index >= 15 is 0 Å². The average Bonchev–Trinajstić information content (AvgIpc) is 3.19. The van der Waals surface area contributed by atoms with E-state index in [9.17, 15) is 0 Å². The van der Waals surface area contributed by atoms with Crippen molar-refractivity contribution in [2.24, 2.45) is 0 Å². The first-order chi connectivity index (χ1) is 12.5. The van der Waals surface area contributed by atoms with Gasteiger partial charge in [0.05, 0.1) is 11.0 Å². The van der Waals surface area contributed by atoms with Crippen molar-refractivity contribution < 1.29 is 0 Å². The zero-order valence-corrected chi connectivity index (χ0v) is 16.0. The van der Waals surface area contributed by atoms with Crippen LogP contribution in [0.2, 0.25) is 0 Å². The number of para-hydroxylation sites is 2. The van der Waals surface area contributed by atoms with E-state index in [0.717, 1.165) is 16.9 Å². The Kier molecular flexibility index (Phi) is 3.25. The summed E-state index contributed by atoms with van der Waals surface area (Å²) in [6, 6.07) is 23.8. The molecule has 0 unspecified atom stereocenters. The number of nitrogens with zero attached hydrogens (tertiary/aromatic N) is 2. The number of benzene rings is 3. The van der Waals surface area contributed by atoms with Gasteiger partial charge in [0.2, 0.25) is 0 Å². The van der Waals surface area contributed by atoms with Crippen LogP contribution in [-0.2, 0) is 5.41 Å². The molecule has 0 atom stereocenters. The molecule has 5 rings (SSSR count). The highest BCUT2D eigenvalue weighted by Gasteiger charge is 2.23. The lowest BCUT2D eigenvalue weighted by Crippen LogP contribution is -2.18. The fourth-order valence-electron chi connectivity index (χ4n) is 3.64. The molecule has 3 aromatic carbocycles. The van der Waals surface area contributed by atoms with E-state index in [0.29, 0.717) is 0 Å². The van der Waals surface area contributed by atoms with Crippen LogP contribution in [0.25, 0.3) is 36.9 Å². The maximum atomic E-state index is 4.95. The number of fused-ring (bicyclic) bond motifs is 4. The van der Waals surface area contributed by atoms with Crippen molar-refractivity contribution in [3.63, 3.8) is 0 Å². The molecule has 3 heteroatoms. The number of hydrogen-bond acceptors (Lipinski definition) is 2. The Labute approximate surface area is 156 Å². The molecular weight excluding hydrogens is 336 g/mol. The predicted molar refractivity (Wildman–Crippen MR) is 113 cm³/mol. The van der Waals surface area contributed by atoms with E-state index in [4.69, 9.17) is 4.98 Å². The van der Waals surface area contributed by atoms with E-state index < -0.39 is 0 Å². The Morgan fingerprint density at radius 1 is 0.808 bits per heavy atom. The van der Waals surface area contributed by atoms with Crippen molar-refractivity contribution in [2.45, 2.75) is 26.2 Å². The maximum absolute atomic E-state index is 4.95. The van der Waals surface area contributed by atoms with Crippen molar-refractivity contribution in [3.05, 3.63) is 72.6 Å². The van der Waals surface area contributed by atoms with Crippen LogP contribution in [0.3, 0.4) is 0 Å². The standard InChI is InChI=1S/C23H20N2S/c1-23(2,3)22-24-18-9-5-6-10-19(18)25(22)15-12-13-17-16-8-4-7-11-20(16)26-21(17)14-15/h4-14H,1-3H3. The molecule has 2 heterocycles. The molecule has 0 amide bonds. The summed E-state index contributed by atoms with van der Waals surface area (Å²) in [5.74, 6) is 1.10. The molecule has 2 nitrogen and oxygen atoms in total. The fourth-order valence-corrected chi connectivity index (χ4v) is 4.78. The van der Waals surface area contributed by atoms with Crippen LogP contribution in [0.4, 0.5) is 0 Å². The summed E-state index contributed by atoms with van der Waals surface area (Å²) >= 11 is 1.86. The third kappa shape index (κ3) is 2.27. The Hall–Kier alpha value is -2.65. The molecule has 0 radical (unpaired) electrons. The van der Waals surface area contributed by atoms with Gasteiger partial charge in [0.1, 0.15) is 5.82 Å². The van der Waals surface area contributed by atoms with E-state index in [-0.39, 0.29) is 5.41 Å². The lowest BCUT2D eigenvalue weighted by atomic mass is 9.95. The number of aromatic nitrogens is 2. The average molecular weight is 356 g/mol. The molecule has 2 aromatic heterocycles. The van der Waals surface area contributed by atoms with Crippen LogP contribution in [-0.4, -0.2) is 9.55 Å². The summed E-state index contributed by atoms with van der Waals surface area (Å²) in [4.78, 5) is 4.95. The van der Waals surface area contributed by atoms with Crippen molar-refractivity contribution >= 4 is 42.5 Å². The highest BCUT2D eigenvalue weighted by Crippen LogP contribution is 2.36. The van der Waals surface area contributed by atoms with Crippen molar-refractivity contribution in [1.82, 2.24) is 9.55 Å². The molecule has 0 N–H and O–H groups in total. The highest BCUT2D eigenvalue weighted by atomic mass is 32.1. The van der Waals surface area contributed by atoms with Gasteiger partial charge in [0.15, 0.2) is 0 Å². The summed E-state index contributed by atoms with van der Waals surface area (Å²) in [6.45, 7) is 6.67. The third-order valence-corrected chi connectivity index (χ3v) is 5.99. The van der Waals surface area contributed by atoms with Crippen LogP contribution in [0.15, 0.2) is 66.7 Å². The van der Waals surface area contributed by atoms with Gasteiger partial charge < -0.3 is 0 Å². The maximum Gasteiger partial charge on any atom is 0.119 e. The van der Waals surface area contributed by atoms with E-state index in [1.807, 2.05) is 11.3 Å². The number of imidazole rings is 1. The predicted octanol–water partition coefficient (Wildman–Crippen LogP) is 6.69. The minimum absolute atomic E-state index is 0.0336. The monoisotopic (exact) mass is 356 g/mol. The van der Waals surface area contributed by atoms with E-state index in [2.05, 4.69) is 92.1 Å². The van der Waals surface area contributed by atoms with Crippen LogP contribution < -0.4 is 0 Å². The van der Waals surface area contributed by atoms with Crippen molar-refractivity contribution in [3.8, 4) is 5.69 Å². The second-order valence-electron chi connectivity index (χ2n) is 7.79. The summed E-state index contributed by atoms with van der Waals surface area (Å²) in [5.41, 5.74) is 3.36. The number of thiophene rings is 1. The largest absolute Gasteiger partial charge is 0.296 e. The van der Waals surface area contributed by atoms with Crippen LogP contribution in [0.5, 0.6) is 0 Å². The van der Waals surface area contributed by atoms with Gasteiger partial charge in [0, 0.05) is 31.3 Å². The lowest BCUT2D eigenvalue weighted by molar-refractivity contribution is 0.539. The van der Waals surface area contributed by atoms with Crippen LogP contribution in [0.1, 0.15) is 26.6 Å². The SMILES string of the molecule is CC(C)(C)c1nc2ccccc2n1-c1ccc2c(c1)sc1ccccc12. The molecule has 5 aromatic rings. The molecule has 0 aliphatic carbocycles. The van der Waals surface area contributed by atoms with Crippen LogP contribution >= 0.6 is 11.3 Å². The van der Waals surface area contributed by atoms with Gasteiger partial charge in [0.25, 0.3) is 0 Å². The second-order valence-corrected chi connectivity index (χ2v) is 8.87. The molecule has 0 fully saturated rings. The summed E-state index contributed by atoms with van der Waals surface area (Å²) < 4.78 is 4.98. The smallest absolute Gasteiger partial charge is 0.119 e. The van der Waals surface area contributed by atoms with E-state index in [1.165, 1.54) is 25.9 Å². The summed E-state index contributed by atoms with van der Waals surface area (Å²) in [5, 5.41) is 2.67. The topological polar surface area (TPSA) is 17.8 Å². The van der Waals surface area contributed by atoms with Crippen molar-refractivity contribution in [1.29, 1.82) is 0 Å². The fraction of sp³-hybridized carbons (Fsp3) is 0.174. The van der Waals surface area contributed by atoms with Gasteiger partial charge in [-0.3, -0.25) is 4.57 Å². The van der Waals surface area contributed by atoms with Gasteiger partial charge in [-0.05, 0) is 30.3 Å². The molecule has 128 valence electrons. The molecule has 0 saturated heterocycles. The van der Waals surface area contributed by atoms with Gasteiger partial charge in [-0.2, -0.15) is 0 Å². The zero-order valence-electron chi connectivity index (χ0n) is 15.2. The number of hydrogen-bond donors (Lipinski definition) is 0. The molecule has 26 heavy (non-hydrogen) atoms. The Balaban J connectivity index is 1.83. The normalized spacial score (nSPS) is 12.4. The highest BCUT2D eigenvalue weighted by molar-refractivity contribution is 7.25. The first-order valence-corrected chi connectivity index (χ1v) is 9.74. The molecule has 0 aliphatic heterocycles. The van der Waals surface area contributed by atoms with Crippen molar-refractivity contribution in [2.75, 3.05) is 0 Å². The Morgan fingerprint density at radius 2 is 1.54 bits per heavy atom. The van der Waals surface area contributed by atoms with E-state index in [1.54, 1.807) is 0 Å². The minimum Gasteiger partial charge on any atom is -0.296 e. The Morgan fingerprint density at radius 3 is 2.38 bits per heavy atom. The molecule has 0 aliphatic rings. The first kappa shape index (κ1) is 15.6. The third-order valence-electron chi connectivity index (χ3n) is 4.85. The summed E-state index contributed by atoms with van der Waals surface area (Å²) in [6.07, 6.45) is 0. The molecule has 0 spiro atoms. The summed E-state index contributed by atoms with van der Waals surface area (Å²) in [7, 11) is 0. The molecular formula is C23H20N2S. The number of rotatable bonds is 1. The van der Waals surface area contributed by atoms with Gasteiger partial charge >= 0.3 is 0 Å².